The third-order valence-corrected chi connectivity index (χ3v) is 9.53. The third-order valence-electron chi connectivity index (χ3n) is 9.53. The van der Waals surface area contributed by atoms with E-state index in [1.165, 1.54) is 17.0 Å². The second kappa shape index (κ2) is 12.2. The molecule has 13 nitrogen and oxygen atoms in total. The number of carboxylic acids is 2. The van der Waals surface area contributed by atoms with E-state index in [9.17, 15) is 38.2 Å². The van der Waals surface area contributed by atoms with Gasteiger partial charge in [0.2, 0.25) is 10.9 Å². The van der Waals surface area contributed by atoms with Crippen molar-refractivity contribution in [1.82, 2.24) is 14.1 Å². The standard InChI is InChI=1S/C17H17F2N3O3.C16H17FN4O3/c18-12-5-10-14(13(19)15(12)21-4-3-8(20)6-21)22(9-1-2-9)7-11(16(10)23)17(24)25;17-12-5-10-13(22)11(16(23)24)7-21(9-1-2-9)14(10)19-15(12)20-4-3-8(18)6-20/h5,7-9H,1-4,6,20H2,(H,24,25);5,7-9H,1-4,6,18H2,(H,23,24). The highest BCUT2D eigenvalue weighted by Crippen LogP contribution is 2.40. The van der Waals surface area contributed by atoms with Gasteiger partial charge >= 0.3 is 11.9 Å². The van der Waals surface area contributed by atoms with Crippen LogP contribution in [0.5, 0.6) is 0 Å². The molecule has 8 rings (SSSR count). The number of pyridine rings is 3. The van der Waals surface area contributed by atoms with Gasteiger partial charge in [0.1, 0.15) is 28.3 Å². The lowest BCUT2D eigenvalue weighted by molar-refractivity contribution is 0.0684. The maximum atomic E-state index is 15.2. The molecule has 2 unspecified atom stereocenters. The molecule has 2 atom stereocenters. The third kappa shape index (κ3) is 5.88. The van der Waals surface area contributed by atoms with Crippen molar-refractivity contribution in [3.63, 3.8) is 0 Å². The van der Waals surface area contributed by atoms with Gasteiger partial charge in [0.05, 0.1) is 16.3 Å². The molecule has 0 radical (unpaired) electrons. The van der Waals surface area contributed by atoms with Gasteiger partial charge in [-0.1, -0.05) is 0 Å². The van der Waals surface area contributed by atoms with Crippen molar-refractivity contribution in [3.05, 3.63) is 73.6 Å². The maximum absolute atomic E-state index is 15.2. The fraction of sp³-hybridized carbons (Fsp3) is 0.424. The van der Waals surface area contributed by atoms with E-state index in [1.807, 2.05) is 0 Å². The Morgan fingerprint density at radius 2 is 1.24 bits per heavy atom. The van der Waals surface area contributed by atoms with Crippen LogP contribution in [0.1, 0.15) is 71.3 Å². The second-order valence-corrected chi connectivity index (χ2v) is 13.2. The van der Waals surface area contributed by atoms with Crippen LogP contribution >= 0.6 is 0 Å². The molecule has 4 aliphatic rings. The van der Waals surface area contributed by atoms with Crippen molar-refractivity contribution in [2.75, 3.05) is 36.0 Å². The Balaban J connectivity index is 0.000000154. The van der Waals surface area contributed by atoms with Crippen molar-refractivity contribution >= 4 is 45.4 Å². The topological polar surface area (TPSA) is 190 Å². The molecule has 0 spiro atoms. The summed E-state index contributed by atoms with van der Waals surface area (Å²) in [6, 6.07) is 1.91. The molecule has 2 saturated carbocycles. The molecule has 4 aromatic rings. The summed E-state index contributed by atoms with van der Waals surface area (Å²) in [6.45, 7) is 1.88. The van der Waals surface area contributed by atoms with Gasteiger partial charge in [-0.25, -0.2) is 27.7 Å². The van der Waals surface area contributed by atoms with Crippen LogP contribution in [-0.2, 0) is 0 Å². The van der Waals surface area contributed by atoms with Crippen LogP contribution in [-0.4, -0.2) is 74.5 Å². The van der Waals surface area contributed by atoms with Crippen molar-refractivity contribution < 1.29 is 33.0 Å². The summed E-state index contributed by atoms with van der Waals surface area (Å²) in [5, 5.41) is 18.2. The lowest BCUT2D eigenvalue weighted by Crippen LogP contribution is -2.28. The van der Waals surface area contributed by atoms with E-state index >= 15 is 4.39 Å². The molecule has 0 amide bonds. The Kier molecular flexibility index (Phi) is 8.10. The molecule has 2 saturated heterocycles. The van der Waals surface area contributed by atoms with Crippen molar-refractivity contribution in [1.29, 1.82) is 0 Å². The summed E-state index contributed by atoms with van der Waals surface area (Å²) in [5.74, 6) is -4.87. The van der Waals surface area contributed by atoms with Crippen LogP contribution < -0.4 is 32.1 Å². The Labute approximate surface area is 276 Å². The predicted octanol–water partition coefficient (Wildman–Crippen LogP) is 2.96. The van der Waals surface area contributed by atoms with Crippen LogP contribution in [0.2, 0.25) is 0 Å². The Morgan fingerprint density at radius 1 is 0.735 bits per heavy atom. The number of hydrogen-bond donors (Lipinski definition) is 4. The average molecular weight is 682 g/mol. The fourth-order valence-electron chi connectivity index (χ4n) is 6.73. The van der Waals surface area contributed by atoms with Crippen LogP contribution in [0.4, 0.5) is 24.7 Å². The Bertz CT molecular complexity index is 2160. The highest BCUT2D eigenvalue weighted by atomic mass is 19.1. The van der Waals surface area contributed by atoms with E-state index in [2.05, 4.69) is 4.98 Å². The predicted molar refractivity (Wildman–Crippen MR) is 174 cm³/mol. The largest absolute Gasteiger partial charge is 0.477 e. The number of nitrogens with zero attached hydrogens (tertiary/aromatic N) is 5. The molecular weight excluding hydrogens is 647 g/mol. The van der Waals surface area contributed by atoms with Gasteiger partial charge in [-0.3, -0.25) is 9.59 Å². The number of carboxylic acid groups (broad SMARTS) is 2. The summed E-state index contributed by atoms with van der Waals surface area (Å²) in [6.07, 6.45) is 7.19. The van der Waals surface area contributed by atoms with Gasteiger partial charge in [-0.05, 0) is 50.7 Å². The Hall–Kier alpha value is -4.96. The number of halogens is 3. The molecule has 16 heteroatoms. The number of aromatic nitrogens is 3. The normalized spacial score (nSPS) is 20.6. The molecule has 258 valence electrons. The number of nitrogens with two attached hydrogens (primary N) is 2. The Morgan fingerprint density at radius 3 is 1.78 bits per heavy atom. The molecule has 49 heavy (non-hydrogen) atoms. The number of fused-ring (bicyclic) bond motifs is 2. The van der Waals surface area contributed by atoms with Gasteiger partial charge in [-0.2, -0.15) is 0 Å². The summed E-state index contributed by atoms with van der Waals surface area (Å²) >= 11 is 0. The van der Waals surface area contributed by atoms with Crippen molar-refractivity contribution in [3.8, 4) is 0 Å². The minimum Gasteiger partial charge on any atom is -0.477 e. The van der Waals surface area contributed by atoms with Gasteiger partial charge in [0.15, 0.2) is 17.5 Å². The number of carbonyl (C=O) groups is 2. The zero-order chi connectivity index (χ0) is 34.9. The van der Waals surface area contributed by atoms with Crippen LogP contribution in [0.25, 0.3) is 21.9 Å². The molecule has 2 aliphatic heterocycles. The molecule has 2 aliphatic carbocycles. The molecule has 5 heterocycles. The monoisotopic (exact) mass is 681 g/mol. The minimum atomic E-state index is -1.41. The van der Waals surface area contributed by atoms with E-state index in [4.69, 9.17) is 11.5 Å². The van der Waals surface area contributed by atoms with E-state index in [0.717, 1.165) is 44.2 Å². The number of hydrogen-bond acceptors (Lipinski definition) is 9. The lowest BCUT2D eigenvalue weighted by atomic mass is 10.1. The smallest absolute Gasteiger partial charge is 0.341 e. The SMILES string of the molecule is NC1CCN(c2c(F)cc3c(=O)c(C(=O)O)cn(C4CC4)c3c2F)C1.NC1CCN(c2nc3c(cc2F)c(=O)c(C(=O)O)cn3C2CC2)C1. The first kappa shape index (κ1) is 32.6. The van der Waals surface area contributed by atoms with E-state index < -0.39 is 45.8 Å². The molecule has 6 N–H and O–H groups in total. The van der Waals surface area contributed by atoms with Crippen LogP contribution in [0.3, 0.4) is 0 Å². The summed E-state index contributed by atoms with van der Waals surface area (Å²) in [7, 11) is 0. The van der Waals surface area contributed by atoms with Crippen molar-refractivity contribution in [2.45, 2.75) is 62.7 Å². The second-order valence-electron chi connectivity index (χ2n) is 13.2. The van der Waals surface area contributed by atoms with Gasteiger partial charge in [0.25, 0.3) is 0 Å². The summed E-state index contributed by atoms with van der Waals surface area (Å²) in [4.78, 5) is 55.1. The zero-order valence-electron chi connectivity index (χ0n) is 26.2. The van der Waals surface area contributed by atoms with Gasteiger partial charge < -0.3 is 40.6 Å². The van der Waals surface area contributed by atoms with Crippen molar-refractivity contribution in [2.24, 2.45) is 11.5 Å². The number of aromatic carboxylic acids is 2. The highest BCUT2D eigenvalue weighted by molar-refractivity contribution is 5.94. The fourth-order valence-corrected chi connectivity index (χ4v) is 6.73. The van der Waals surface area contributed by atoms with Gasteiger partial charge in [0, 0.05) is 62.7 Å². The molecular formula is C33H34F3N7O6. The van der Waals surface area contributed by atoms with E-state index in [0.29, 0.717) is 38.2 Å². The molecule has 1 aromatic carbocycles. The van der Waals surface area contributed by atoms with E-state index in [-0.39, 0.29) is 57.5 Å². The molecule has 3 aromatic heterocycles. The lowest BCUT2D eigenvalue weighted by Gasteiger charge is -2.22. The number of benzene rings is 1. The van der Waals surface area contributed by atoms with Crippen LogP contribution in [0.15, 0.2) is 34.1 Å². The zero-order valence-corrected chi connectivity index (χ0v) is 26.2. The number of anilines is 2. The van der Waals surface area contributed by atoms with E-state index in [1.54, 1.807) is 14.4 Å². The molecule has 4 fully saturated rings. The first-order chi connectivity index (χ1) is 23.3. The average Bonchev–Trinajstić information content (AvgIpc) is 3.98. The first-order valence-electron chi connectivity index (χ1n) is 16.1. The minimum absolute atomic E-state index is 0.00606. The first-order valence-corrected chi connectivity index (χ1v) is 16.1. The highest BCUT2D eigenvalue weighted by Gasteiger charge is 2.33. The number of rotatable bonds is 6. The van der Waals surface area contributed by atoms with Gasteiger partial charge in [-0.15, -0.1) is 0 Å². The quantitative estimate of drug-likeness (QED) is 0.234. The maximum Gasteiger partial charge on any atom is 0.341 e. The summed E-state index contributed by atoms with van der Waals surface area (Å²) < 4.78 is 47.5. The summed E-state index contributed by atoms with van der Waals surface area (Å²) in [5.41, 5.74) is 9.41. The van der Waals surface area contributed by atoms with Crippen LogP contribution in [0, 0.1) is 17.5 Å². The molecule has 0 bridgehead atoms.